The Morgan fingerprint density at radius 1 is 0.833 bits per heavy atom. The van der Waals surface area contributed by atoms with Gasteiger partial charge in [0.1, 0.15) is 12.6 Å². The number of alkyl carbamates (subject to hydrolysis) is 1. The predicted molar refractivity (Wildman–Crippen MR) is 138 cm³/mol. The van der Waals surface area contributed by atoms with E-state index in [1.807, 2.05) is 78.9 Å². The maximum atomic E-state index is 13.2. The minimum absolute atomic E-state index is 0.140. The molecule has 188 valence electrons. The van der Waals surface area contributed by atoms with Gasteiger partial charge in [-0.15, -0.1) is 0 Å². The quantitative estimate of drug-likeness (QED) is 0.456. The van der Waals surface area contributed by atoms with Crippen LogP contribution in [0.15, 0.2) is 84.9 Å². The number of amides is 2. The monoisotopic (exact) mass is 487 g/mol. The molecule has 0 radical (unpaired) electrons. The summed E-state index contributed by atoms with van der Waals surface area (Å²) in [4.78, 5) is 28.1. The first-order valence-electron chi connectivity index (χ1n) is 12.3. The molecule has 1 heterocycles. The number of hydrogen-bond donors (Lipinski definition) is 2. The second-order valence-electron chi connectivity index (χ2n) is 8.82. The second-order valence-corrected chi connectivity index (χ2v) is 8.82. The first-order chi connectivity index (χ1) is 17.7. The number of rotatable bonds is 10. The van der Waals surface area contributed by atoms with E-state index in [4.69, 9.17) is 9.47 Å². The minimum Gasteiger partial charge on any atom is -0.445 e. The summed E-state index contributed by atoms with van der Waals surface area (Å²) >= 11 is 0. The van der Waals surface area contributed by atoms with Crippen molar-refractivity contribution in [1.82, 2.24) is 15.5 Å². The van der Waals surface area contributed by atoms with Gasteiger partial charge < -0.3 is 20.1 Å². The summed E-state index contributed by atoms with van der Waals surface area (Å²) in [6.07, 6.45) is -0.259. The molecule has 0 spiro atoms. The summed E-state index contributed by atoms with van der Waals surface area (Å²) in [5.74, 6) is -0.253. The molecule has 7 nitrogen and oxygen atoms in total. The van der Waals surface area contributed by atoms with E-state index in [1.165, 1.54) is 5.56 Å². The number of carbonyl (C=O) groups excluding carboxylic acids is 2. The summed E-state index contributed by atoms with van der Waals surface area (Å²) in [6, 6.07) is 26.4. The average Bonchev–Trinajstić information content (AvgIpc) is 2.92. The van der Waals surface area contributed by atoms with E-state index >= 15 is 0 Å². The molecule has 2 amide bonds. The number of carbonyl (C=O) groups is 2. The molecule has 1 aliphatic heterocycles. The van der Waals surface area contributed by atoms with Crippen molar-refractivity contribution in [1.29, 1.82) is 0 Å². The van der Waals surface area contributed by atoms with Crippen LogP contribution in [0.2, 0.25) is 0 Å². The number of ether oxygens (including phenoxy) is 2. The summed E-state index contributed by atoms with van der Waals surface area (Å²) in [5, 5.41) is 5.78. The van der Waals surface area contributed by atoms with Crippen molar-refractivity contribution in [2.45, 2.75) is 32.2 Å². The Bertz CT molecular complexity index is 1100. The van der Waals surface area contributed by atoms with Crippen molar-refractivity contribution in [3.8, 4) is 0 Å². The SMILES string of the molecule is O=C(N[C@@H](Cc1ccccc1)C(=O)NCc1ccccc1CN1CCOCC1)OCc1ccccc1. The Hall–Kier alpha value is -3.68. The molecule has 1 saturated heterocycles. The molecule has 0 bridgehead atoms. The molecule has 2 N–H and O–H groups in total. The van der Waals surface area contributed by atoms with Crippen LogP contribution in [0.5, 0.6) is 0 Å². The molecule has 0 aromatic heterocycles. The summed E-state index contributed by atoms with van der Waals surface area (Å²) < 4.78 is 10.8. The van der Waals surface area contributed by atoms with Gasteiger partial charge in [-0.3, -0.25) is 9.69 Å². The largest absolute Gasteiger partial charge is 0.445 e. The lowest BCUT2D eigenvalue weighted by Crippen LogP contribution is -2.48. The van der Waals surface area contributed by atoms with E-state index < -0.39 is 12.1 Å². The van der Waals surface area contributed by atoms with E-state index in [9.17, 15) is 9.59 Å². The Kier molecular flexibility index (Phi) is 9.47. The van der Waals surface area contributed by atoms with Crippen molar-refractivity contribution in [3.63, 3.8) is 0 Å². The number of benzene rings is 3. The van der Waals surface area contributed by atoms with Gasteiger partial charge in [-0.2, -0.15) is 0 Å². The third-order valence-corrected chi connectivity index (χ3v) is 6.17. The Labute approximate surface area is 212 Å². The van der Waals surface area contributed by atoms with Gasteiger partial charge in [0.15, 0.2) is 0 Å². The molecular formula is C29H33N3O4. The van der Waals surface area contributed by atoms with Crippen molar-refractivity contribution in [3.05, 3.63) is 107 Å². The molecule has 4 rings (SSSR count). The molecule has 1 aliphatic rings. The first kappa shape index (κ1) is 25.4. The van der Waals surface area contributed by atoms with Crippen LogP contribution in [0, 0.1) is 0 Å². The molecule has 0 saturated carbocycles. The maximum Gasteiger partial charge on any atom is 0.408 e. The van der Waals surface area contributed by atoms with Gasteiger partial charge >= 0.3 is 6.09 Å². The van der Waals surface area contributed by atoms with Gasteiger partial charge in [-0.05, 0) is 22.3 Å². The van der Waals surface area contributed by atoms with Crippen molar-refractivity contribution in [2.75, 3.05) is 26.3 Å². The fraction of sp³-hybridized carbons (Fsp3) is 0.310. The number of nitrogens with zero attached hydrogens (tertiary/aromatic N) is 1. The summed E-state index contributed by atoms with van der Waals surface area (Å²) in [6.45, 7) is 4.61. The van der Waals surface area contributed by atoms with E-state index in [0.717, 1.165) is 49.5 Å². The van der Waals surface area contributed by atoms with Crippen LogP contribution in [0.25, 0.3) is 0 Å². The highest BCUT2D eigenvalue weighted by Gasteiger charge is 2.22. The van der Waals surface area contributed by atoms with Crippen molar-refractivity contribution >= 4 is 12.0 Å². The molecule has 1 atom stereocenters. The maximum absolute atomic E-state index is 13.2. The number of morpholine rings is 1. The van der Waals surface area contributed by atoms with Crippen molar-refractivity contribution < 1.29 is 19.1 Å². The standard InChI is InChI=1S/C29H33N3O4/c33-28(30-20-25-13-7-8-14-26(25)21-32-15-17-35-18-16-32)27(19-23-9-3-1-4-10-23)31-29(34)36-22-24-11-5-2-6-12-24/h1-14,27H,15-22H2,(H,30,33)(H,31,34)/t27-/m0/s1. The van der Waals surface area contributed by atoms with Crippen molar-refractivity contribution in [2.24, 2.45) is 0 Å². The predicted octanol–water partition coefficient (Wildman–Crippen LogP) is 3.67. The zero-order valence-corrected chi connectivity index (χ0v) is 20.4. The number of hydrogen-bond acceptors (Lipinski definition) is 5. The zero-order chi connectivity index (χ0) is 25.0. The van der Waals surface area contributed by atoms with Gasteiger partial charge in [0, 0.05) is 32.6 Å². The van der Waals surface area contributed by atoms with Crippen LogP contribution in [-0.4, -0.2) is 49.2 Å². The zero-order valence-electron chi connectivity index (χ0n) is 20.4. The third-order valence-electron chi connectivity index (χ3n) is 6.17. The molecule has 3 aromatic rings. The summed E-state index contributed by atoms with van der Waals surface area (Å²) in [7, 11) is 0. The van der Waals surface area contributed by atoms with Gasteiger partial charge in [-0.1, -0.05) is 84.9 Å². The second kappa shape index (κ2) is 13.4. The fourth-order valence-electron chi connectivity index (χ4n) is 4.16. The topological polar surface area (TPSA) is 79.9 Å². The Morgan fingerprint density at radius 2 is 1.44 bits per heavy atom. The number of nitrogens with one attached hydrogen (secondary N) is 2. The molecule has 0 unspecified atom stereocenters. The first-order valence-corrected chi connectivity index (χ1v) is 12.3. The van der Waals surface area contributed by atoms with Crippen LogP contribution in [-0.2, 0) is 40.4 Å². The highest BCUT2D eigenvalue weighted by Crippen LogP contribution is 2.13. The molecule has 7 heteroatoms. The lowest BCUT2D eigenvalue weighted by molar-refractivity contribution is -0.123. The molecule has 0 aliphatic carbocycles. The lowest BCUT2D eigenvalue weighted by atomic mass is 10.0. The highest BCUT2D eigenvalue weighted by molar-refractivity contribution is 5.86. The highest BCUT2D eigenvalue weighted by atomic mass is 16.5. The van der Waals surface area contributed by atoms with Crippen LogP contribution in [0.3, 0.4) is 0 Å². The molecule has 3 aromatic carbocycles. The third kappa shape index (κ3) is 7.93. The van der Waals surface area contributed by atoms with Crippen LogP contribution >= 0.6 is 0 Å². The van der Waals surface area contributed by atoms with Gasteiger partial charge in [0.05, 0.1) is 13.2 Å². The minimum atomic E-state index is -0.762. The van der Waals surface area contributed by atoms with E-state index in [1.54, 1.807) is 0 Å². The molecule has 1 fully saturated rings. The van der Waals surface area contributed by atoms with Crippen LogP contribution < -0.4 is 10.6 Å². The Balaban J connectivity index is 1.38. The normalized spacial score (nSPS) is 14.6. The van der Waals surface area contributed by atoms with Gasteiger partial charge in [0.2, 0.25) is 5.91 Å². The van der Waals surface area contributed by atoms with Gasteiger partial charge in [0.25, 0.3) is 0 Å². The van der Waals surface area contributed by atoms with Crippen LogP contribution in [0.4, 0.5) is 4.79 Å². The van der Waals surface area contributed by atoms with E-state index in [2.05, 4.69) is 21.6 Å². The smallest absolute Gasteiger partial charge is 0.408 e. The van der Waals surface area contributed by atoms with Crippen LogP contribution in [0.1, 0.15) is 22.3 Å². The molecular weight excluding hydrogens is 454 g/mol. The lowest BCUT2D eigenvalue weighted by Gasteiger charge is -2.27. The van der Waals surface area contributed by atoms with E-state index in [0.29, 0.717) is 13.0 Å². The fourth-order valence-corrected chi connectivity index (χ4v) is 4.16. The van der Waals surface area contributed by atoms with E-state index in [-0.39, 0.29) is 12.5 Å². The Morgan fingerprint density at radius 3 is 2.14 bits per heavy atom. The molecule has 36 heavy (non-hydrogen) atoms. The average molecular weight is 488 g/mol. The summed E-state index contributed by atoms with van der Waals surface area (Å²) in [5.41, 5.74) is 4.07. The van der Waals surface area contributed by atoms with Gasteiger partial charge in [-0.25, -0.2) is 4.79 Å².